The average molecular weight is 325 g/mol. The van der Waals surface area contributed by atoms with Crippen LogP contribution in [-0.2, 0) is 20.1 Å². The Kier molecular flexibility index (Phi) is 4.08. The Labute approximate surface area is 141 Å². The van der Waals surface area contributed by atoms with Gasteiger partial charge in [0.05, 0.1) is 17.3 Å². The first-order valence-corrected chi connectivity index (χ1v) is 8.50. The number of aliphatic hydroxyl groups excluding tert-OH is 1. The number of nitrogens with zero attached hydrogens (tertiary/aromatic N) is 4. The van der Waals surface area contributed by atoms with E-state index in [0.717, 1.165) is 30.6 Å². The van der Waals surface area contributed by atoms with Crippen LogP contribution in [0.5, 0.6) is 0 Å². The van der Waals surface area contributed by atoms with Crippen molar-refractivity contribution in [2.24, 2.45) is 13.0 Å². The van der Waals surface area contributed by atoms with Crippen LogP contribution in [0, 0.1) is 5.92 Å². The average Bonchev–Trinajstić information content (AvgIpc) is 3.28. The maximum atomic E-state index is 10.4. The van der Waals surface area contributed by atoms with Crippen LogP contribution in [0.2, 0.25) is 0 Å². The fourth-order valence-electron chi connectivity index (χ4n) is 3.81. The number of aromatic nitrogens is 4. The summed E-state index contributed by atoms with van der Waals surface area (Å²) in [6, 6.07) is 10.3. The highest BCUT2D eigenvalue weighted by Gasteiger charge is 2.33. The van der Waals surface area contributed by atoms with Crippen molar-refractivity contribution in [2.45, 2.75) is 38.1 Å². The van der Waals surface area contributed by atoms with Crippen molar-refractivity contribution in [1.29, 1.82) is 0 Å². The minimum Gasteiger partial charge on any atom is -0.391 e. The Hall–Kier alpha value is -2.18. The summed E-state index contributed by atoms with van der Waals surface area (Å²) >= 11 is 0. The molecule has 24 heavy (non-hydrogen) atoms. The standard InChI is InChI=1S/C18H23N5O/c1-22-17-6-3-2-5-14(17)16(21-22)11-19-15-9-13(10-18(15)24)12-23-8-4-7-20-23/h2-8,13,15,18-19,24H,9-12H2,1H3/t13?,15-,18-/m1/s1. The number of hydrogen-bond donors (Lipinski definition) is 2. The van der Waals surface area contributed by atoms with Crippen LogP contribution in [0.3, 0.4) is 0 Å². The van der Waals surface area contributed by atoms with Crippen molar-refractivity contribution >= 4 is 10.9 Å². The van der Waals surface area contributed by atoms with E-state index < -0.39 is 0 Å². The summed E-state index contributed by atoms with van der Waals surface area (Å²) in [5, 5.41) is 23.9. The van der Waals surface area contributed by atoms with E-state index in [9.17, 15) is 5.11 Å². The molecule has 1 unspecified atom stereocenters. The molecule has 6 heteroatoms. The molecule has 0 radical (unpaired) electrons. The zero-order valence-electron chi connectivity index (χ0n) is 13.8. The molecule has 6 nitrogen and oxygen atoms in total. The van der Waals surface area contributed by atoms with Crippen molar-refractivity contribution in [1.82, 2.24) is 24.9 Å². The minimum atomic E-state index is -0.305. The number of rotatable bonds is 5. The first-order chi connectivity index (χ1) is 11.7. The van der Waals surface area contributed by atoms with E-state index in [-0.39, 0.29) is 12.1 Å². The Balaban J connectivity index is 1.40. The molecular formula is C18H23N5O. The molecule has 126 valence electrons. The molecule has 3 atom stereocenters. The summed E-state index contributed by atoms with van der Waals surface area (Å²) in [5.41, 5.74) is 2.17. The van der Waals surface area contributed by atoms with E-state index >= 15 is 0 Å². The highest BCUT2D eigenvalue weighted by molar-refractivity contribution is 5.81. The molecule has 1 saturated carbocycles. The third kappa shape index (κ3) is 2.95. The predicted octanol–water partition coefficient (Wildman–Crippen LogP) is 1.70. The predicted molar refractivity (Wildman–Crippen MR) is 92.3 cm³/mol. The number of aliphatic hydroxyl groups is 1. The van der Waals surface area contributed by atoms with E-state index in [0.29, 0.717) is 12.5 Å². The summed E-state index contributed by atoms with van der Waals surface area (Å²) in [7, 11) is 1.97. The molecule has 2 heterocycles. The lowest BCUT2D eigenvalue weighted by atomic mass is 10.1. The van der Waals surface area contributed by atoms with Gasteiger partial charge in [0, 0.05) is 44.0 Å². The molecule has 1 aliphatic rings. The van der Waals surface area contributed by atoms with Crippen molar-refractivity contribution < 1.29 is 5.11 Å². The summed E-state index contributed by atoms with van der Waals surface area (Å²) in [6.07, 6.45) is 5.26. The van der Waals surface area contributed by atoms with Gasteiger partial charge in [-0.3, -0.25) is 9.36 Å². The van der Waals surface area contributed by atoms with E-state index in [1.165, 1.54) is 5.39 Å². The second kappa shape index (κ2) is 6.37. The summed E-state index contributed by atoms with van der Waals surface area (Å²) in [6.45, 7) is 1.55. The zero-order chi connectivity index (χ0) is 16.5. The summed E-state index contributed by atoms with van der Waals surface area (Å²) in [4.78, 5) is 0. The number of benzene rings is 1. The molecule has 0 aliphatic heterocycles. The van der Waals surface area contributed by atoms with Gasteiger partial charge in [-0.15, -0.1) is 0 Å². The number of para-hydroxylation sites is 1. The van der Waals surface area contributed by atoms with Gasteiger partial charge in [-0.2, -0.15) is 10.2 Å². The SMILES string of the molecule is Cn1nc(CN[C@@H]2CC(Cn3cccn3)C[C@H]2O)c2ccccc21. The number of fused-ring (bicyclic) bond motifs is 1. The zero-order valence-corrected chi connectivity index (χ0v) is 13.8. The smallest absolute Gasteiger partial charge is 0.0841 e. The van der Waals surface area contributed by atoms with Gasteiger partial charge in [-0.1, -0.05) is 18.2 Å². The molecule has 0 saturated heterocycles. The molecule has 1 fully saturated rings. The normalized spacial score (nSPS) is 24.0. The molecule has 1 aromatic carbocycles. The molecule has 1 aliphatic carbocycles. The maximum absolute atomic E-state index is 10.4. The van der Waals surface area contributed by atoms with Crippen LogP contribution < -0.4 is 5.32 Å². The van der Waals surface area contributed by atoms with Crippen molar-refractivity contribution in [3.8, 4) is 0 Å². The van der Waals surface area contributed by atoms with Crippen LogP contribution in [0.15, 0.2) is 42.7 Å². The van der Waals surface area contributed by atoms with Crippen molar-refractivity contribution in [2.75, 3.05) is 0 Å². The highest BCUT2D eigenvalue weighted by atomic mass is 16.3. The first kappa shape index (κ1) is 15.4. The lowest BCUT2D eigenvalue weighted by Crippen LogP contribution is -2.35. The van der Waals surface area contributed by atoms with Crippen molar-refractivity contribution in [3.63, 3.8) is 0 Å². The first-order valence-electron chi connectivity index (χ1n) is 8.50. The van der Waals surface area contributed by atoms with Crippen molar-refractivity contribution in [3.05, 3.63) is 48.4 Å². The summed E-state index contributed by atoms with van der Waals surface area (Å²) in [5.74, 6) is 0.456. The van der Waals surface area contributed by atoms with Gasteiger partial charge in [0.15, 0.2) is 0 Å². The monoisotopic (exact) mass is 325 g/mol. The van der Waals surface area contributed by atoms with Gasteiger partial charge in [-0.05, 0) is 30.9 Å². The second-order valence-corrected chi connectivity index (χ2v) is 6.71. The van der Waals surface area contributed by atoms with E-state index in [1.54, 1.807) is 6.20 Å². The molecular weight excluding hydrogens is 302 g/mol. The Morgan fingerprint density at radius 1 is 1.25 bits per heavy atom. The van der Waals surface area contributed by atoms with Crippen LogP contribution in [-0.4, -0.2) is 36.8 Å². The largest absolute Gasteiger partial charge is 0.391 e. The Bertz CT molecular complexity index is 810. The van der Waals surface area contributed by atoms with E-state index in [1.807, 2.05) is 40.8 Å². The second-order valence-electron chi connectivity index (χ2n) is 6.71. The van der Waals surface area contributed by atoms with Crippen LogP contribution in [0.4, 0.5) is 0 Å². The van der Waals surface area contributed by atoms with Gasteiger partial charge in [0.25, 0.3) is 0 Å². The molecule has 0 amide bonds. The molecule has 3 aromatic rings. The third-order valence-corrected chi connectivity index (χ3v) is 5.00. The van der Waals surface area contributed by atoms with Gasteiger partial charge >= 0.3 is 0 Å². The topological polar surface area (TPSA) is 67.9 Å². The Morgan fingerprint density at radius 3 is 2.96 bits per heavy atom. The highest BCUT2D eigenvalue weighted by Crippen LogP contribution is 2.28. The number of hydrogen-bond acceptors (Lipinski definition) is 4. The van der Waals surface area contributed by atoms with E-state index in [4.69, 9.17) is 0 Å². The van der Waals surface area contributed by atoms with Gasteiger partial charge in [0.2, 0.25) is 0 Å². The fraction of sp³-hybridized carbons (Fsp3) is 0.444. The van der Waals surface area contributed by atoms with Crippen LogP contribution in [0.1, 0.15) is 18.5 Å². The fourth-order valence-corrected chi connectivity index (χ4v) is 3.81. The van der Waals surface area contributed by atoms with Gasteiger partial charge in [0.1, 0.15) is 0 Å². The molecule has 2 aromatic heterocycles. The van der Waals surface area contributed by atoms with Crippen LogP contribution in [0.25, 0.3) is 10.9 Å². The lowest BCUT2D eigenvalue weighted by molar-refractivity contribution is 0.145. The summed E-state index contributed by atoms with van der Waals surface area (Å²) < 4.78 is 3.87. The molecule has 0 bridgehead atoms. The molecule has 4 rings (SSSR count). The van der Waals surface area contributed by atoms with Crippen LogP contribution >= 0.6 is 0 Å². The number of aryl methyl sites for hydroxylation is 1. The van der Waals surface area contributed by atoms with Gasteiger partial charge in [-0.25, -0.2) is 0 Å². The van der Waals surface area contributed by atoms with E-state index in [2.05, 4.69) is 27.6 Å². The maximum Gasteiger partial charge on any atom is 0.0841 e. The third-order valence-electron chi connectivity index (χ3n) is 5.00. The Morgan fingerprint density at radius 2 is 2.12 bits per heavy atom. The molecule has 0 spiro atoms. The number of nitrogens with one attached hydrogen (secondary N) is 1. The minimum absolute atomic E-state index is 0.117. The lowest BCUT2D eigenvalue weighted by Gasteiger charge is -2.15. The molecule has 2 N–H and O–H groups in total. The van der Waals surface area contributed by atoms with Gasteiger partial charge < -0.3 is 10.4 Å². The quantitative estimate of drug-likeness (QED) is 0.749.